The molecule has 19 heavy (non-hydrogen) atoms. The summed E-state index contributed by atoms with van der Waals surface area (Å²) in [6.07, 6.45) is 1.88. The van der Waals surface area contributed by atoms with Gasteiger partial charge in [-0.2, -0.15) is 0 Å². The Labute approximate surface area is 115 Å². The Bertz CT molecular complexity index is 444. The third-order valence-corrected chi connectivity index (χ3v) is 3.90. The smallest absolute Gasteiger partial charge is 0.223 e. The van der Waals surface area contributed by atoms with Crippen molar-refractivity contribution in [3.8, 4) is 0 Å². The summed E-state index contributed by atoms with van der Waals surface area (Å²) in [5.41, 5.74) is 2.41. The van der Waals surface area contributed by atoms with Gasteiger partial charge in [0.15, 0.2) is 0 Å². The van der Waals surface area contributed by atoms with E-state index in [4.69, 9.17) is 0 Å². The lowest BCUT2D eigenvalue weighted by atomic mass is 9.92. The molecule has 2 N–H and O–H groups in total. The Kier molecular flexibility index (Phi) is 4.59. The highest BCUT2D eigenvalue weighted by Gasteiger charge is 2.25. The maximum atomic E-state index is 12.3. The van der Waals surface area contributed by atoms with Gasteiger partial charge in [0.1, 0.15) is 0 Å². The molecule has 0 saturated carbocycles. The first kappa shape index (κ1) is 14.1. The summed E-state index contributed by atoms with van der Waals surface area (Å²) in [6.45, 7) is 7.21. The van der Waals surface area contributed by atoms with Crippen LogP contribution in [-0.2, 0) is 4.79 Å². The molecule has 0 radical (unpaired) electrons. The lowest BCUT2D eigenvalue weighted by molar-refractivity contribution is -0.126. The normalized spacial score (nSPS) is 24.8. The minimum Gasteiger partial charge on any atom is -0.349 e. The van der Waals surface area contributed by atoms with Gasteiger partial charge in [0, 0.05) is 12.0 Å². The lowest BCUT2D eigenvalue weighted by Crippen LogP contribution is -2.42. The highest BCUT2D eigenvalue weighted by Crippen LogP contribution is 2.19. The van der Waals surface area contributed by atoms with E-state index in [9.17, 15) is 4.79 Å². The second kappa shape index (κ2) is 6.20. The minimum atomic E-state index is 0.0811. The van der Waals surface area contributed by atoms with Gasteiger partial charge in [-0.25, -0.2) is 0 Å². The Hall–Kier alpha value is -1.35. The Balaban J connectivity index is 1.94. The van der Waals surface area contributed by atoms with E-state index in [0.29, 0.717) is 6.04 Å². The fourth-order valence-corrected chi connectivity index (χ4v) is 2.72. The van der Waals surface area contributed by atoms with Crippen molar-refractivity contribution < 1.29 is 4.79 Å². The van der Waals surface area contributed by atoms with E-state index < -0.39 is 0 Å². The number of carbonyl (C=O) groups is 1. The number of benzene rings is 1. The van der Waals surface area contributed by atoms with Crippen molar-refractivity contribution in [1.82, 2.24) is 10.6 Å². The highest BCUT2D eigenvalue weighted by atomic mass is 16.1. The molecule has 1 heterocycles. The molecule has 1 aromatic rings. The van der Waals surface area contributed by atoms with Crippen molar-refractivity contribution in [1.29, 1.82) is 0 Å². The standard InChI is InChI=1S/C16H24N2O/c1-11-5-4-6-14(9-11)13(3)18-16(19)15-7-8-17-12(2)10-15/h4-6,9,12-13,15,17H,7-8,10H2,1-3H3,(H,18,19)/t12?,13-,15?/m1/s1. The van der Waals surface area contributed by atoms with E-state index in [1.807, 2.05) is 6.07 Å². The van der Waals surface area contributed by atoms with Crippen LogP contribution in [0.3, 0.4) is 0 Å². The summed E-state index contributed by atoms with van der Waals surface area (Å²) >= 11 is 0. The monoisotopic (exact) mass is 260 g/mol. The summed E-state index contributed by atoms with van der Waals surface area (Å²) in [4.78, 5) is 12.3. The van der Waals surface area contributed by atoms with Gasteiger partial charge >= 0.3 is 0 Å². The summed E-state index contributed by atoms with van der Waals surface area (Å²) in [5, 5.41) is 6.53. The second-order valence-electron chi connectivity index (χ2n) is 5.72. The van der Waals surface area contributed by atoms with E-state index in [-0.39, 0.29) is 17.9 Å². The third-order valence-electron chi connectivity index (χ3n) is 3.90. The number of carbonyl (C=O) groups excluding carboxylic acids is 1. The minimum absolute atomic E-state index is 0.0811. The van der Waals surface area contributed by atoms with Gasteiger partial charge < -0.3 is 10.6 Å². The van der Waals surface area contributed by atoms with Crippen molar-refractivity contribution >= 4 is 5.91 Å². The Morgan fingerprint density at radius 3 is 2.95 bits per heavy atom. The number of nitrogens with one attached hydrogen (secondary N) is 2. The molecule has 1 saturated heterocycles. The van der Waals surface area contributed by atoms with Crippen LogP contribution < -0.4 is 10.6 Å². The van der Waals surface area contributed by atoms with Gasteiger partial charge in [-0.1, -0.05) is 29.8 Å². The first-order chi connectivity index (χ1) is 9.06. The van der Waals surface area contributed by atoms with Gasteiger partial charge in [0.2, 0.25) is 5.91 Å². The van der Waals surface area contributed by atoms with Crippen LogP contribution in [0.5, 0.6) is 0 Å². The molecule has 1 amide bonds. The van der Waals surface area contributed by atoms with Crippen LogP contribution in [0.15, 0.2) is 24.3 Å². The van der Waals surface area contributed by atoms with Crippen molar-refractivity contribution in [3.63, 3.8) is 0 Å². The molecule has 1 fully saturated rings. The number of amides is 1. The molecule has 104 valence electrons. The van der Waals surface area contributed by atoms with Crippen molar-refractivity contribution in [2.45, 2.75) is 45.7 Å². The van der Waals surface area contributed by atoms with E-state index in [0.717, 1.165) is 19.4 Å². The molecular weight excluding hydrogens is 236 g/mol. The van der Waals surface area contributed by atoms with Gasteiger partial charge in [-0.3, -0.25) is 4.79 Å². The van der Waals surface area contributed by atoms with E-state index in [1.165, 1.54) is 11.1 Å². The fourth-order valence-electron chi connectivity index (χ4n) is 2.72. The zero-order valence-corrected chi connectivity index (χ0v) is 12.1. The zero-order chi connectivity index (χ0) is 13.8. The number of rotatable bonds is 3. The molecule has 2 unspecified atom stereocenters. The van der Waals surface area contributed by atoms with E-state index >= 15 is 0 Å². The quantitative estimate of drug-likeness (QED) is 0.877. The molecule has 3 atom stereocenters. The summed E-state index contributed by atoms with van der Waals surface area (Å²) in [6, 6.07) is 8.85. The van der Waals surface area contributed by atoms with Crippen LogP contribution in [-0.4, -0.2) is 18.5 Å². The van der Waals surface area contributed by atoms with E-state index in [1.54, 1.807) is 0 Å². The number of piperidine rings is 1. The highest BCUT2D eigenvalue weighted by molar-refractivity contribution is 5.79. The van der Waals surface area contributed by atoms with Gasteiger partial charge in [0.25, 0.3) is 0 Å². The Morgan fingerprint density at radius 1 is 1.47 bits per heavy atom. The molecular formula is C16H24N2O. The molecule has 2 rings (SSSR count). The molecule has 1 aromatic carbocycles. The van der Waals surface area contributed by atoms with Gasteiger partial charge in [0.05, 0.1) is 6.04 Å². The number of aryl methyl sites for hydroxylation is 1. The largest absolute Gasteiger partial charge is 0.349 e. The molecule has 0 aliphatic carbocycles. The van der Waals surface area contributed by atoms with Crippen LogP contribution in [0.2, 0.25) is 0 Å². The summed E-state index contributed by atoms with van der Waals surface area (Å²) in [5.74, 6) is 0.353. The number of hydrogen-bond acceptors (Lipinski definition) is 2. The number of hydrogen-bond donors (Lipinski definition) is 2. The molecule has 3 heteroatoms. The first-order valence-electron chi connectivity index (χ1n) is 7.16. The summed E-state index contributed by atoms with van der Waals surface area (Å²) in [7, 11) is 0. The molecule has 0 aromatic heterocycles. The van der Waals surface area contributed by atoms with Crippen LogP contribution in [0.4, 0.5) is 0 Å². The first-order valence-corrected chi connectivity index (χ1v) is 7.16. The zero-order valence-electron chi connectivity index (χ0n) is 12.1. The molecule has 0 bridgehead atoms. The second-order valence-corrected chi connectivity index (χ2v) is 5.72. The van der Waals surface area contributed by atoms with Crippen molar-refractivity contribution in [3.05, 3.63) is 35.4 Å². The van der Waals surface area contributed by atoms with Crippen LogP contribution in [0.25, 0.3) is 0 Å². The maximum absolute atomic E-state index is 12.3. The fraction of sp³-hybridized carbons (Fsp3) is 0.562. The van der Waals surface area contributed by atoms with Crippen LogP contribution in [0, 0.1) is 12.8 Å². The predicted octanol–water partition coefficient (Wildman–Crippen LogP) is 2.56. The summed E-state index contributed by atoms with van der Waals surface area (Å²) < 4.78 is 0. The van der Waals surface area contributed by atoms with Crippen molar-refractivity contribution in [2.24, 2.45) is 5.92 Å². The average Bonchev–Trinajstić information content (AvgIpc) is 2.38. The van der Waals surface area contributed by atoms with Crippen LogP contribution in [0.1, 0.15) is 43.9 Å². The lowest BCUT2D eigenvalue weighted by Gasteiger charge is -2.28. The van der Waals surface area contributed by atoms with Gasteiger partial charge in [-0.15, -0.1) is 0 Å². The van der Waals surface area contributed by atoms with Crippen molar-refractivity contribution in [2.75, 3.05) is 6.54 Å². The van der Waals surface area contributed by atoms with Crippen LogP contribution >= 0.6 is 0 Å². The molecule has 1 aliphatic rings. The predicted molar refractivity (Wildman–Crippen MR) is 77.9 cm³/mol. The topological polar surface area (TPSA) is 41.1 Å². The third kappa shape index (κ3) is 3.80. The van der Waals surface area contributed by atoms with E-state index in [2.05, 4.69) is 49.6 Å². The van der Waals surface area contributed by atoms with Gasteiger partial charge in [-0.05, 0) is 45.7 Å². The average molecular weight is 260 g/mol. The molecule has 0 spiro atoms. The molecule has 1 aliphatic heterocycles. The SMILES string of the molecule is Cc1cccc([C@@H](C)NC(=O)C2CCNC(C)C2)c1. The molecule has 3 nitrogen and oxygen atoms in total. The maximum Gasteiger partial charge on any atom is 0.223 e. The Morgan fingerprint density at radius 2 is 2.26 bits per heavy atom.